The fraction of sp³-hybridized carbons (Fsp3) is 0.412. The van der Waals surface area contributed by atoms with Gasteiger partial charge in [0.25, 0.3) is 0 Å². The van der Waals surface area contributed by atoms with Gasteiger partial charge in [-0.2, -0.15) is 5.26 Å². The quantitative estimate of drug-likeness (QED) is 0.794. The molecule has 1 aromatic rings. The van der Waals surface area contributed by atoms with Crippen LogP contribution in [-0.4, -0.2) is 78.2 Å². The van der Waals surface area contributed by atoms with Gasteiger partial charge in [0.05, 0.1) is 24.7 Å². The molecule has 2 aliphatic rings. The first-order valence-electron chi connectivity index (χ1n) is 8.16. The number of carbonyl (C=O) groups is 3. The van der Waals surface area contributed by atoms with Crippen LogP contribution in [0.2, 0.25) is 0 Å². The van der Waals surface area contributed by atoms with Gasteiger partial charge in [0.15, 0.2) is 0 Å². The molecule has 3 rings (SSSR count). The first kappa shape index (κ1) is 17.7. The number of nitrogens with zero attached hydrogens (tertiary/aromatic N) is 4. The SMILES string of the molecule is N#Cc1ccc(N2CC(CN3CCN(CC(=O)O)C(=O)C3)OC2=O)cc1. The van der Waals surface area contributed by atoms with Crippen molar-refractivity contribution in [3.05, 3.63) is 29.8 Å². The molecular weight excluding hydrogens is 340 g/mol. The Balaban J connectivity index is 1.55. The number of carbonyl (C=O) groups excluding carboxylic acids is 2. The standard InChI is InChI=1S/C17H18N4O5/c18-7-12-1-3-13(4-2-12)21-9-14(26-17(21)25)8-19-5-6-20(11-16(23)24)15(22)10-19/h1-4,14H,5-6,8-11H2,(H,23,24). The van der Waals surface area contributed by atoms with Crippen LogP contribution >= 0.6 is 0 Å². The fourth-order valence-electron chi connectivity index (χ4n) is 3.07. The highest BCUT2D eigenvalue weighted by Gasteiger charge is 2.35. The van der Waals surface area contributed by atoms with E-state index < -0.39 is 12.1 Å². The highest BCUT2D eigenvalue weighted by Crippen LogP contribution is 2.22. The number of cyclic esters (lactones) is 1. The number of hydrogen-bond donors (Lipinski definition) is 1. The molecule has 2 aliphatic heterocycles. The maximum Gasteiger partial charge on any atom is 0.414 e. The zero-order valence-corrected chi connectivity index (χ0v) is 14.0. The fourth-order valence-corrected chi connectivity index (χ4v) is 3.07. The van der Waals surface area contributed by atoms with E-state index in [0.29, 0.717) is 37.4 Å². The topological polar surface area (TPSA) is 114 Å². The van der Waals surface area contributed by atoms with Crippen LogP contribution in [0.5, 0.6) is 0 Å². The molecule has 0 saturated carbocycles. The van der Waals surface area contributed by atoms with Crippen LogP contribution in [0.1, 0.15) is 5.56 Å². The molecule has 1 N–H and O–H groups in total. The Morgan fingerprint density at radius 2 is 2.00 bits per heavy atom. The van der Waals surface area contributed by atoms with E-state index in [1.165, 1.54) is 9.80 Å². The summed E-state index contributed by atoms with van der Waals surface area (Å²) < 4.78 is 5.38. The van der Waals surface area contributed by atoms with E-state index in [9.17, 15) is 14.4 Å². The minimum atomic E-state index is -1.03. The van der Waals surface area contributed by atoms with E-state index in [1.807, 2.05) is 11.0 Å². The summed E-state index contributed by atoms with van der Waals surface area (Å²) in [6, 6.07) is 8.68. The van der Waals surface area contributed by atoms with Gasteiger partial charge in [0.1, 0.15) is 12.6 Å². The van der Waals surface area contributed by atoms with Crippen molar-refractivity contribution >= 4 is 23.7 Å². The summed E-state index contributed by atoms with van der Waals surface area (Å²) in [5.74, 6) is -1.28. The number of carboxylic acid groups (broad SMARTS) is 1. The van der Waals surface area contributed by atoms with Crippen molar-refractivity contribution in [1.82, 2.24) is 9.80 Å². The molecule has 0 spiro atoms. The number of carboxylic acids is 1. The number of ether oxygens (including phenoxy) is 1. The summed E-state index contributed by atoms with van der Waals surface area (Å²) in [5.41, 5.74) is 1.16. The normalized spacial score (nSPS) is 20.8. The molecule has 2 amide bonds. The minimum Gasteiger partial charge on any atom is -0.480 e. The summed E-state index contributed by atoms with van der Waals surface area (Å²) >= 11 is 0. The minimum absolute atomic E-state index is 0.109. The van der Waals surface area contributed by atoms with Crippen LogP contribution in [0.25, 0.3) is 0 Å². The lowest BCUT2D eigenvalue weighted by molar-refractivity contribution is -0.147. The predicted octanol–water partition coefficient (Wildman–Crippen LogP) is 0.112. The van der Waals surface area contributed by atoms with Crippen molar-refractivity contribution in [2.75, 3.05) is 44.2 Å². The maximum absolute atomic E-state index is 12.1. The highest BCUT2D eigenvalue weighted by molar-refractivity contribution is 5.89. The van der Waals surface area contributed by atoms with Gasteiger partial charge >= 0.3 is 12.1 Å². The average molecular weight is 358 g/mol. The summed E-state index contributed by atoms with van der Waals surface area (Å²) in [6.45, 7) is 1.45. The molecule has 2 fully saturated rings. The summed E-state index contributed by atoms with van der Waals surface area (Å²) in [5, 5.41) is 17.6. The van der Waals surface area contributed by atoms with Crippen molar-refractivity contribution in [2.45, 2.75) is 6.10 Å². The van der Waals surface area contributed by atoms with Gasteiger partial charge < -0.3 is 14.7 Å². The zero-order valence-electron chi connectivity index (χ0n) is 14.0. The van der Waals surface area contributed by atoms with Crippen LogP contribution in [0.3, 0.4) is 0 Å². The van der Waals surface area contributed by atoms with Gasteiger partial charge in [-0.1, -0.05) is 0 Å². The molecule has 9 heteroatoms. The Morgan fingerprint density at radius 1 is 1.27 bits per heavy atom. The van der Waals surface area contributed by atoms with E-state index >= 15 is 0 Å². The largest absolute Gasteiger partial charge is 0.480 e. The second-order valence-electron chi connectivity index (χ2n) is 6.22. The van der Waals surface area contributed by atoms with Crippen molar-refractivity contribution in [1.29, 1.82) is 5.26 Å². The number of rotatable bonds is 5. The van der Waals surface area contributed by atoms with E-state index in [1.54, 1.807) is 24.3 Å². The molecule has 0 aliphatic carbocycles. The Bertz CT molecular complexity index is 757. The summed E-state index contributed by atoms with van der Waals surface area (Å²) in [4.78, 5) is 39.5. The molecule has 9 nitrogen and oxygen atoms in total. The van der Waals surface area contributed by atoms with Crippen LogP contribution in [0.4, 0.5) is 10.5 Å². The Hall–Kier alpha value is -3.12. The third kappa shape index (κ3) is 3.92. The monoisotopic (exact) mass is 358 g/mol. The maximum atomic E-state index is 12.1. The number of amides is 2. The van der Waals surface area contributed by atoms with Gasteiger partial charge in [-0.25, -0.2) is 4.79 Å². The molecule has 2 saturated heterocycles. The second-order valence-corrected chi connectivity index (χ2v) is 6.22. The zero-order chi connectivity index (χ0) is 18.7. The molecular formula is C17H18N4O5. The molecule has 1 aromatic carbocycles. The van der Waals surface area contributed by atoms with Crippen molar-refractivity contribution in [2.24, 2.45) is 0 Å². The van der Waals surface area contributed by atoms with Crippen molar-refractivity contribution in [3.63, 3.8) is 0 Å². The molecule has 0 aromatic heterocycles. The number of hydrogen-bond acceptors (Lipinski definition) is 6. The Kier molecular flexibility index (Phi) is 5.04. The van der Waals surface area contributed by atoms with Crippen LogP contribution in [-0.2, 0) is 14.3 Å². The van der Waals surface area contributed by atoms with Gasteiger partial charge in [0.2, 0.25) is 5.91 Å². The predicted molar refractivity (Wildman–Crippen MR) is 89.4 cm³/mol. The molecule has 2 heterocycles. The second kappa shape index (κ2) is 7.41. The Morgan fingerprint density at radius 3 is 2.62 bits per heavy atom. The number of benzene rings is 1. The molecule has 1 atom stereocenters. The van der Waals surface area contributed by atoms with Gasteiger partial charge in [-0.05, 0) is 24.3 Å². The average Bonchev–Trinajstić information content (AvgIpc) is 2.97. The van der Waals surface area contributed by atoms with Crippen LogP contribution in [0, 0.1) is 11.3 Å². The lowest BCUT2D eigenvalue weighted by Crippen LogP contribution is -2.53. The van der Waals surface area contributed by atoms with Gasteiger partial charge in [0, 0.05) is 25.3 Å². The van der Waals surface area contributed by atoms with E-state index in [-0.39, 0.29) is 25.1 Å². The molecule has 136 valence electrons. The third-order valence-corrected chi connectivity index (χ3v) is 4.37. The van der Waals surface area contributed by atoms with E-state index in [0.717, 1.165) is 0 Å². The number of nitriles is 1. The highest BCUT2D eigenvalue weighted by atomic mass is 16.6. The first-order valence-corrected chi connectivity index (χ1v) is 8.16. The lowest BCUT2D eigenvalue weighted by atomic mass is 10.2. The van der Waals surface area contributed by atoms with Crippen molar-refractivity contribution < 1.29 is 24.2 Å². The first-order chi connectivity index (χ1) is 12.5. The molecule has 0 bridgehead atoms. The summed E-state index contributed by atoms with van der Waals surface area (Å²) in [6.07, 6.45) is -0.840. The molecule has 0 radical (unpaired) electrons. The third-order valence-electron chi connectivity index (χ3n) is 4.37. The van der Waals surface area contributed by atoms with Crippen molar-refractivity contribution in [3.8, 4) is 6.07 Å². The number of piperazine rings is 1. The molecule has 1 unspecified atom stereocenters. The smallest absolute Gasteiger partial charge is 0.414 e. The van der Waals surface area contributed by atoms with Gasteiger partial charge in [-0.3, -0.25) is 19.4 Å². The van der Waals surface area contributed by atoms with Crippen LogP contribution in [0.15, 0.2) is 24.3 Å². The number of aliphatic carboxylic acids is 1. The number of anilines is 1. The Labute approximate surface area is 149 Å². The van der Waals surface area contributed by atoms with Crippen LogP contribution < -0.4 is 4.90 Å². The van der Waals surface area contributed by atoms with E-state index in [2.05, 4.69) is 0 Å². The van der Waals surface area contributed by atoms with E-state index in [4.69, 9.17) is 15.1 Å². The molecule has 26 heavy (non-hydrogen) atoms. The lowest BCUT2D eigenvalue weighted by Gasteiger charge is -2.34. The van der Waals surface area contributed by atoms with Gasteiger partial charge in [-0.15, -0.1) is 0 Å². The summed E-state index contributed by atoms with van der Waals surface area (Å²) in [7, 11) is 0.